The number of carbonyl (C=O) groups is 2. The van der Waals surface area contributed by atoms with Crippen LogP contribution in [0.1, 0.15) is 96.6 Å². The zero-order chi connectivity index (χ0) is 32.3. The van der Waals surface area contributed by atoms with Crippen LogP contribution >= 0.6 is 0 Å². The summed E-state index contributed by atoms with van der Waals surface area (Å²) >= 11 is 0. The Morgan fingerprint density at radius 1 is 1.11 bits per heavy atom. The van der Waals surface area contributed by atoms with Crippen LogP contribution in [-0.4, -0.2) is 89.9 Å². The minimum absolute atomic E-state index is 0.0628. The Labute approximate surface area is 268 Å². The maximum absolute atomic E-state index is 13.7. The van der Waals surface area contributed by atoms with E-state index in [0.29, 0.717) is 6.54 Å². The summed E-state index contributed by atoms with van der Waals surface area (Å²) in [6.07, 6.45) is 7.42. The van der Waals surface area contributed by atoms with Gasteiger partial charge in [-0.05, 0) is 102 Å². The standard InChI is InChI=1S/C34H50BN5O5/c1-21(2)28(38-31(42)43-8)30(41)40-17-10-12-26(40)29-36-19-25(37-29)22-13-14-24(35-44-32(3,4)33(5,6)45-35)27-23(22)11-9-15-34(27)16-18-39(7)20-34/h13-14,19,21,26,28H,9-12,15-18,20H2,1-8H3,(H,36,37)(H,38,42)/t26-,28-,34?/m0/s1. The molecule has 10 nitrogen and oxygen atoms in total. The van der Waals surface area contributed by atoms with Gasteiger partial charge in [0.1, 0.15) is 11.9 Å². The third-order valence-electron chi connectivity index (χ3n) is 11.1. The van der Waals surface area contributed by atoms with E-state index in [4.69, 9.17) is 19.0 Å². The molecule has 3 aliphatic heterocycles. The molecule has 4 heterocycles. The summed E-state index contributed by atoms with van der Waals surface area (Å²) in [5.41, 5.74) is 5.29. The number of amides is 2. The van der Waals surface area contributed by atoms with Gasteiger partial charge in [0.25, 0.3) is 0 Å². The predicted molar refractivity (Wildman–Crippen MR) is 174 cm³/mol. The summed E-state index contributed by atoms with van der Waals surface area (Å²) in [6.45, 7) is 15.1. The van der Waals surface area contributed by atoms with Crippen LogP contribution in [0.5, 0.6) is 0 Å². The number of H-pyrrole nitrogens is 1. The van der Waals surface area contributed by atoms with Gasteiger partial charge in [0.2, 0.25) is 5.91 Å². The largest absolute Gasteiger partial charge is 0.495 e. The second kappa shape index (κ2) is 11.7. The molecule has 3 saturated heterocycles. The molecule has 4 aliphatic rings. The van der Waals surface area contributed by atoms with Crippen LogP contribution < -0.4 is 10.8 Å². The molecule has 11 heteroatoms. The molecule has 1 aliphatic carbocycles. The predicted octanol–water partition coefficient (Wildman–Crippen LogP) is 4.33. The van der Waals surface area contributed by atoms with Crippen molar-refractivity contribution in [3.05, 3.63) is 35.3 Å². The van der Waals surface area contributed by atoms with Crippen molar-refractivity contribution in [1.29, 1.82) is 0 Å². The lowest BCUT2D eigenvalue weighted by atomic mass is 9.60. The van der Waals surface area contributed by atoms with Crippen molar-refractivity contribution in [2.45, 2.75) is 109 Å². The Kier molecular flexibility index (Phi) is 8.36. The number of nitrogens with one attached hydrogen (secondary N) is 2. The van der Waals surface area contributed by atoms with E-state index in [-0.39, 0.29) is 23.3 Å². The van der Waals surface area contributed by atoms with Gasteiger partial charge in [0.15, 0.2) is 0 Å². The first kappa shape index (κ1) is 32.1. The first-order valence-electron chi connectivity index (χ1n) is 16.7. The summed E-state index contributed by atoms with van der Waals surface area (Å²) in [5.74, 6) is 0.597. The van der Waals surface area contributed by atoms with Gasteiger partial charge >= 0.3 is 13.2 Å². The van der Waals surface area contributed by atoms with E-state index in [2.05, 4.69) is 62.1 Å². The van der Waals surface area contributed by atoms with Crippen molar-refractivity contribution in [2.75, 3.05) is 33.8 Å². The van der Waals surface area contributed by atoms with Gasteiger partial charge in [0, 0.05) is 24.1 Å². The fourth-order valence-electron chi connectivity index (χ4n) is 8.02. The maximum Gasteiger partial charge on any atom is 0.495 e. The van der Waals surface area contributed by atoms with Crippen LogP contribution in [0, 0.1) is 5.92 Å². The molecule has 1 aromatic heterocycles. The number of nitrogens with zero attached hydrogens (tertiary/aromatic N) is 3. The topological polar surface area (TPSA) is 109 Å². The molecule has 2 amide bonds. The average Bonchev–Trinajstić information content (AvgIpc) is 3.77. The number of aromatic amines is 1. The highest BCUT2D eigenvalue weighted by atomic mass is 16.7. The monoisotopic (exact) mass is 619 g/mol. The number of benzene rings is 1. The molecule has 244 valence electrons. The Bertz CT molecular complexity index is 1440. The Balaban J connectivity index is 1.36. The van der Waals surface area contributed by atoms with Gasteiger partial charge in [-0.2, -0.15) is 0 Å². The van der Waals surface area contributed by atoms with Crippen molar-refractivity contribution < 1.29 is 23.6 Å². The number of methoxy groups -OCH3 is 1. The highest BCUT2D eigenvalue weighted by Crippen LogP contribution is 2.47. The lowest BCUT2D eigenvalue weighted by Crippen LogP contribution is -2.51. The van der Waals surface area contributed by atoms with E-state index < -0.39 is 30.5 Å². The normalized spacial score (nSPS) is 26.5. The summed E-state index contributed by atoms with van der Waals surface area (Å²) in [7, 11) is 3.12. The van der Waals surface area contributed by atoms with Crippen molar-refractivity contribution in [2.24, 2.45) is 5.92 Å². The number of ether oxygens (including phenoxy) is 1. The molecule has 0 radical (unpaired) electrons. The third-order valence-corrected chi connectivity index (χ3v) is 11.1. The third kappa shape index (κ3) is 5.59. The van der Waals surface area contributed by atoms with Crippen LogP contribution in [0.3, 0.4) is 0 Å². The van der Waals surface area contributed by atoms with Gasteiger partial charge < -0.3 is 34.1 Å². The lowest BCUT2D eigenvalue weighted by molar-refractivity contribution is -0.135. The molecular formula is C34H50BN5O5. The van der Waals surface area contributed by atoms with Crippen molar-refractivity contribution in [1.82, 2.24) is 25.1 Å². The molecule has 2 N–H and O–H groups in total. The number of imidazole rings is 1. The molecule has 1 aromatic carbocycles. The lowest BCUT2D eigenvalue weighted by Gasteiger charge is -2.39. The van der Waals surface area contributed by atoms with Gasteiger partial charge in [-0.15, -0.1) is 0 Å². The van der Waals surface area contributed by atoms with Crippen LogP contribution in [0.15, 0.2) is 18.3 Å². The number of carbonyl (C=O) groups excluding carboxylic acids is 2. The molecule has 3 atom stereocenters. The fraction of sp³-hybridized carbons (Fsp3) is 0.676. The summed E-state index contributed by atoms with van der Waals surface area (Å²) in [5, 5.41) is 2.74. The molecule has 45 heavy (non-hydrogen) atoms. The van der Waals surface area contributed by atoms with Gasteiger partial charge in [0.05, 0.1) is 36.2 Å². The number of hydrogen-bond acceptors (Lipinski definition) is 7. The summed E-state index contributed by atoms with van der Waals surface area (Å²) < 4.78 is 18.1. The van der Waals surface area contributed by atoms with Crippen molar-refractivity contribution >= 4 is 24.6 Å². The average molecular weight is 620 g/mol. The van der Waals surface area contributed by atoms with Crippen LogP contribution in [0.4, 0.5) is 4.79 Å². The molecule has 1 unspecified atom stereocenters. The Hall–Kier alpha value is -2.89. The second-order valence-corrected chi connectivity index (χ2v) is 15.0. The molecule has 3 fully saturated rings. The number of likely N-dealkylation sites (tertiary alicyclic amines) is 2. The van der Waals surface area contributed by atoms with E-state index in [1.807, 2.05) is 24.9 Å². The fourth-order valence-corrected chi connectivity index (χ4v) is 8.02. The van der Waals surface area contributed by atoms with E-state index in [1.165, 1.54) is 23.8 Å². The first-order valence-corrected chi connectivity index (χ1v) is 16.7. The van der Waals surface area contributed by atoms with Gasteiger partial charge in [-0.1, -0.05) is 26.0 Å². The quantitative estimate of drug-likeness (QED) is 0.464. The smallest absolute Gasteiger partial charge is 0.453 e. The molecule has 0 saturated carbocycles. The Morgan fingerprint density at radius 2 is 1.84 bits per heavy atom. The van der Waals surface area contributed by atoms with E-state index in [1.54, 1.807) is 0 Å². The van der Waals surface area contributed by atoms with Gasteiger partial charge in [-0.25, -0.2) is 9.78 Å². The number of hydrogen-bond donors (Lipinski definition) is 2. The van der Waals surface area contributed by atoms with E-state index in [0.717, 1.165) is 68.6 Å². The number of aromatic nitrogens is 2. The van der Waals surface area contributed by atoms with Crippen molar-refractivity contribution in [3.63, 3.8) is 0 Å². The number of rotatable bonds is 6. The zero-order valence-corrected chi connectivity index (χ0v) is 28.3. The highest BCUT2D eigenvalue weighted by molar-refractivity contribution is 6.62. The van der Waals surface area contributed by atoms with E-state index >= 15 is 0 Å². The number of fused-ring (bicyclic) bond motifs is 2. The molecule has 0 bridgehead atoms. The Morgan fingerprint density at radius 3 is 2.49 bits per heavy atom. The van der Waals surface area contributed by atoms with Crippen LogP contribution in [-0.2, 0) is 30.7 Å². The summed E-state index contributed by atoms with van der Waals surface area (Å²) in [6, 6.07) is 3.59. The first-order chi connectivity index (χ1) is 21.3. The molecule has 2 aromatic rings. The number of likely N-dealkylation sites (N-methyl/N-ethyl adjacent to an activating group) is 1. The minimum Gasteiger partial charge on any atom is -0.453 e. The van der Waals surface area contributed by atoms with E-state index in [9.17, 15) is 9.59 Å². The SMILES string of the molecule is COC(=O)N[C@H](C(=O)N1CCC[C@H]1c1ncc(-c2ccc(B3OC(C)(C)C(C)(C)O3)c3c2CCCC32CCN(C)C2)[nH]1)C(C)C. The summed E-state index contributed by atoms with van der Waals surface area (Å²) in [4.78, 5) is 38.5. The maximum atomic E-state index is 13.7. The minimum atomic E-state index is -0.664. The molecule has 1 spiro atoms. The van der Waals surface area contributed by atoms with Crippen LogP contribution in [0.2, 0.25) is 0 Å². The second-order valence-electron chi connectivity index (χ2n) is 15.0. The molecular weight excluding hydrogens is 569 g/mol. The van der Waals surface area contributed by atoms with Gasteiger partial charge in [-0.3, -0.25) is 4.79 Å². The molecule has 6 rings (SSSR count). The van der Waals surface area contributed by atoms with Crippen LogP contribution in [0.25, 0.3) is 11.3 Å². The van der Waals surface area contributed by atoms with Crippen molar-refractivity contribution in [3.8, 4) is 11.3 Å². The zero-order valence-electron chi connectivity index (χ0n) is 28.3. The number of alkyl carbamates (subject to hydrolysis) is 1. The highest BCUT2D eigenvalue weighted by Gasteiger charge is 2.54.